The van der Waals surface area contributed by atoms with Crippen LogP contribution in [-0.2, 0) is 0 Å². The van der Waals surface area contributed by atoms with Gasteiger partial charge in [0.2, 0.25) is 0 Å². The van der Waals surface area contributed by atoms with E-state index < -0.39 is 11.9 Å². The molecular formula is C16H13Cl2FN4O. The molecule has 0 spiro atoms. The van der Waals surface area contributed by atoms with E-state index in [1.165, 1.54) is 12.1 Å². The Balaban J connectivity index is 1.94. The second-order valence-corrected chi connectivity index (χ2v) is 5.83. The van der Waals surface area contributed by atoms with Crippen molar-refractivity contribution in [2.45, 2.75) is 13.0 Å². The van der Waals surface area contributed by atoms with Crippen LogP contribution in [0.4, 0.5) is 10.2 Å². The summed E-state index contributed by atoms with van der Waals surface area (Å²) in [6.07, 6.45) is 4.35. The second-order valence-electron chi connectivity index (χ2n) is 5.04. The van der Waals surface area contributed by atoms with Gasteiger partial charge in [-0.05, 0) is 25.1 Å². The zero-order chi connectivity index (χ0) is 17.3. The third kappa shape index (κ3) is 3.16. The maximum Gasteiger partial charge on any atom is 0.166 e. The van der Waals surface area contributed by atoms with Gasteiger partial charge in [0.25, 0.3) is 0 Å². The Labute approximate surface area is 147 Å². The zero-order valence-corrected chi connectivity index (χ0v) is 14.1. The molecule has 124 valence electrons. The molecule has 0 bridgehead atoms. The number of nitrogens with zero attached hydrogens (tertiary/aromatic N) is 3. The maximum absolute atomic E-state index is 13.7. The summed E-state index contributed by atoms with van der Waals surface area (Å²) in [6.45, 7) is 1.70. The fourth-order valence-corrected chi connectivity index (χ4v) is 2.93. The van der Waals surface area contributed by atoms with Gasteiger partial charge in [-0.2, -0.15) is 5.10 Å². The number of benzene rings is 1. The van der Waals surface area contributed by atoms with E-state index in [2.05, 4.69) is 10.1 Å². The monoisotopic (exact) mass is 366 g/mol. The van der Waals surface area contributed by atoms with Crippen molar-refractivity contribution in [1.29, 1.82) is 0 Å². The molecule has 8 heteroatoms. The number of nitrogen functional groups attached to an aromatic ring is 1. The molecule has 3 rings (SSSR count). The van der Waals surface area contributed by atoms with Crippen molar-refractivity contribution < 1.29 is 9.13 Å². The van der Waals surface area contributed by atoms with Crippen LogP contribution in [-0.4, -0.2) is 14.8 Å². The zero-order valence-electron chi connectivity index (χ0n) is 12.6. The highest BCUT2D eigenvalue weighted by atomic mass is 35.5. The van der Waals surface area contributed by atoms with Crippen LogP contribution in [0.3, 0.4) is 0 Å². The van der Waals surface area contributed by atoms with Crippen molar-refractivity contribution in [2.75, 3.05) is 5.73 Å². The predicted octanol–water partition coefficient (Wildman–Crippen LogP) is 4.44. The van der Waals surface area contributed by atoms with Crippen molar-refractivity contribution in [3.63, 3.8) is 0 Å². The first kappa shape index (κ1) is 16.5. The molecule has 1 aromatic carbocycles. The van der Waals surface area contributed by atoms with E-state index in [1.807, 2.05) is 0 Å². The number of hydrogen-bond donors (Lipinski definition) is 1. The summed E-state index contributed by atoms with van der Waals surface area (Å²) in [6, 6.07) is 6.10. The quantitative estimate of drug-likeness (QED) is 0.693. The first-order chi connectivity index (χ1) is 11.5. The normalized spacial score (nSPS) is 12.2. The number of pyridine rings is 1. The summed E-state index contributed by atoms with van der Waals surface area (Å²) in [5.74, 6) is -0.0452. The highest BCUT2D eigenvalue weighted by Crippen LogP contribution is 2.36. The third-order valence-corrected chi connectivity index (χ3v) is 4.14. The number of rotatable bonds is 4. The maximum atomic E-state index is 13.7. The molecule has 1 atom stereocenters. The van der Waals surface area contributed by atoms with E-state index in [0.29, 0.717) is 22.0 Å². The SMILES string of the molecule is C[C@@H](Oc1cc(-n2cccn2)cnc1N)c1c(Cl)ccc(F)c1Cl. The van der Waals surface area contributed by atoms with Crippen molar-refractivity contribution >= 4 is 29.0 Å². The largest absolute Gasteiger partial charge is 0.482 e. The van der Waals surface area contributed by atoms with Gasteiger partial charge < -0.3 is 10.5 Å². The average Bonchev–Trinajstić information content (AvgIpc) is 3.08. The molecular weight excluding hydrogens is 354 g/mol. The molecule has 0 amide bonds. The summed E-state index contributed by atoms with van der Waals surface area (Å²) in [5, 5.41) is 4.35. The van der Waals surface area contributed by atoms with Crippen LogP contribution in [0, 0.1) is 5.82 Å². The fraction of sp³-hybridized carbons (Fsp3) is 0.125. The molecule has 0 saturated carbocycles. The minimum atomic E-state index is -0.627. The standard InChI is InChI=1S/C16H13Cl2FN4O/c1-9(14-11(17)3-4-12(19)15(14)18)24-13-7-10(8-21-16(13)20)23-6-2-5-22-23/h2-9H,1H3,(H2,20,21)/t9-/m1/s1. The lowest BCUT2D eigenvalue weighted by atomic mass is 10.1. The van der Waals surface area contributed by atoms with Gasteiger partial charge in [-0.15, -0.1) is 0 Å². The van der Waals surface area contributed by atoms with Crippen molar-refractivity contribution in [1.82, 2.24) is 14.8 Å². The molecule has 0 unspecified atom stereocenters. The van der Waals surface area contributed by atoms with Gasteiger partial charge in [-0.1, -0.05) is 23.2 Å². The Morgan fingerprint density at radius 2 is 2.12 bits per heavy atom. The van der Waals surface area contributed by atoms with Crippen molar-refractivity contribution in [3.8, 4) is 11.4 Å². The minimum absolute atomic E-state index is 0.0789. The van der Waals surface area contributed by atoms with Gasteiger partial charge in [0.05, 0.1) is 16.9 Å². The smallest absolute Gasteiger partial charge is 0.166 e. The lowest BCUT2D eigenvalue weighted by Gasteiger charge is -2.19. The first-order valence-electron chi connectivity index (χ1n) is 7.03. The summed E-state index contributed by atoms with van der Waals surface area (Å²) >= 11 is 12.1. The summed E-state index contributed by atoms with van der Waals surface area (Å²) in [7, 11) is 0. The summed E-state index contributed by atoms with van der Waals surface area (Å²) < 4.78 is 21.1. The van der Waals surface area contributed by atoms with E-state index in [4.69, 9.17) is 33.7 Å². The van der Waals surface area contributed by atoms with Crippen LogP contribution in [0.2, 0.25) is 10.0 Å². The Hall–Kier alpha value is -2.31. The molecule has 5 nitrogen and oxygen atoms in total. The second kappa shape index (κ2) is 6.67. The van der Waals surface area contributed by atoms with Gasteiger partial charge in [0, 0.05) is 29.0 Å². The number of hydrogen-bond acceptors (Lipinski definition) is 4. The number of halogens is 3. The van der Waals surface area contributed by atoms with Crippen LogP contribution >= 0.6 is 23.2 Å². The Kier molecular flexibility index (Phi) is 4.59. The van der Waals surface area contributed by atoms with Gasteiger partial charge in [0.1, 0.15) is 11.9 Å². The van der Waals surface area contributed by atoms with E-state index in [1.54, 1.807) is 42.3 Å². The van der Waals surface area contributed by atoms with Crippen molar-refractivity contribution in [2.24, 2.45) is 0 Å². The van der Waals surface area contributed by atoms with Gasteiger partial charge in [0.15, 0.2) is 11.6 Å². The molecule has 0 aliphatic rings. The molecule has 24 heavy (non-hydrogen) atoms. The van der Waals surface area contributed by atoms with E-state index in [9.17, 15) is 4.39 Å². The molecule has 0 aliphatic carbocycles. The molecule has 0 fully saturated rings. The van der Waals surface area contributed by atoms with Gasteiger partial charge >= 0.3 is 0 Å². The number of nitrogens with two attached hydrogens (primary N) is 1. The summed E-state index contributed by atoms with van der Waals surface area (Å²) in [4.78, 5) is 4.10. The van der Waals surface area contributed by atoms with Gasteiger partial charge in [-0.25, -0.2) is 14.1 Å². The molecule has 0 saturated heterocycles. The predicted molar refractivity (Wildman–Crippen MR) is 91.2 cm³/mol. The van der Waals surface area contributed by atoms with Crippen LogP contribution in [0.1, 0.15) is 18.6 Å². The van der Waals surface area contributed by atoms with E-state index >= 15 is 0 Å². The third-order valence-electron chi connectivity index (χ3n) is 3.43. The topological polar surface area (TPSA) is 66.0 Å². The van der Waals surface area contributed by atoms with E-state index in [0.717, 1.165) is 0 Å². The molecule has 2 aromatic heterocycles. The van der Waals surface area contributed by atoms with Crippen LogP contribution in [0.15, 0.2) is 42.9 Å². The summed E-state index contributed by atoms with van der Waals surface area (Å²) in [5.41, 5.74) is 6.89. The fourth-order valence-electron chi connectivity index (χ4n) is 2.25. The van der Waals surface area contributed by atoms with Crippen LogP contribution in [0.25, 0.3) is 5.69 Å². The molecule has 0 aliphatic heterocycles. The highest BCUT2D eigenvalue weighted by molar-refractivity contribution is 6.36. The molecule has 2 heterocycles. The number of anilines is 1. The average molecular weight is 367 g/mol. The number of aromatic nitrogens is 3. The lowest BCUT2D eigenvalue weighted by Crippen LogP contribution is -2.09. The van der Waals surface area contributed by atoms with Crippen molar-refractivity contribution in [3.05, 3.63) is 64.3 Å². The molecule has 2 N–H and O–H groups in total. The Bertz CT molecular complexity index is 871. The van der Waals surface area contributed by atoms with Gasteiger partial charge in [-0.3, -0.25) is 0 Å². The first-order valence-corrected chi connectivity index (χ1v) is 7.78. The van der Waals surface area contributed by atoms with Crippen LogP contribution in [0.5, 0.6) is 5.75 Å². The van der Waals surface area contributed by atoms with E-state index in [-0.39, 0.29) is 10.8 Å². The van der Waals surface area contributed by atoms with Crippen LogP contribution < -0.4 is 10.5 Å². The number of ether oxygens (including phenoxy) is 1. The highest BCUT2D eigenvalue weighted by Gasteiger charge is 2.20. The minimum Gasteiger partial charge on any atom is -0.482 e. The molecule has 3 aromatic rings. The lowest BCUT2D eigenvalue weighted by molar-refractivity contribution is 0.227. The molecule has 0 radical (unpaired) electrons. The Morgan fingerprint density at radius 1 is 1.33 bits per heavy atom. The Morgan fingerprint density at radius 3 is 2.83 bits per heavy atom.